The van der Waals surface area contributed by atoms with Crippen LogP contribution < -0.4 is 14.1 Å². The van der Waals surface area contributed by atoms with Gasteiger partial charge in [-0.15, -0.1) is 0 Å². The van der Waals surface area contributed by atoms with Crippen molar-refractivity contribution in [3.8, 4) is 0 Å². The van der Waals surface area contributed by atoms with E-state index in [1.807, 2.05) is 30.5 Å². The van der Waals surface area contributed by atoms with Gasteiger partial charge < -0.3 is 14.7 Å². The van der Waals surface area contributed by atoms with E-state index < -0.39 is 10.0 Å². The fourth-order valence-corrected chi connectivity index (χ4v) is 7.30. The van der Waals surface area contributed by atoms with Gasteiger partial charge in [0, 0.05) is 51.9 Å². The number of aryl methyl sites for hydroxylation is 1. The highest BCUT2D eigenvalue weighted by molar-refractivity contribution is 7.92. The fraction of sp³-hybridized carbons (Fsp3) is 0.567. The standard InChI is InChI=1S/C30H43N7O3S/c1-7-25-24-20-27-31-28(35-16-11-12-17-35)22(3)29(37(27)32-24)33(4)15-9-8-10-18-36(41(6,39)40)26-14-13-21(2)19-23(26)30(38)34(25)5/h13-14,19-20,25H,7-12,15-18H2,1-6H3/t25-/m0/s1. The maximum absolute atomic E-state index is 14.1. The normalized spacial score (nSPS) is 19.5. The zero-order valence-electron chi connectivity index (χ0n) is 25.2. The summed E-state index contributed by atoms with van der Waals surface area (Å²) in [4.78, 5) is 25.5. The van der Waals surface area contributed by atoms with Crippen LogP contribution in [0.3, 0.4) is 0 Å². The lowest BCUT2D eigenvalue weighted by Gasteiger charge is -2.30. The first-order valence-corrected chi connectivity index (χ1v) is 16.6. The Hall–Kier alpha value is -3.34. The molecule has 2 bridgehead atoms. The number of amides is 1. The molecule has 3 aromatic rings. The largest absolute Gasteiger partial charge is 0.359 e. The number of carbonyl (C=O) groups excluding carboxylic acids is 1. The molecule has 0 saturated carbocycles. The molecule has 0 unspecified atom stereocenters. The number of anilines is 3. The number of aromatic nitrogens is 3. The molecule has 2 aliphatic rings. The van der Waals surface area contributed by atoms with Gasteiger partial charge in [0.2, 0.25) is 10.0 Å². The smallest absolute Gasteiger partial charge is 0.256 e. The van der Waals surface area contributed by atoms with E-state index in [0.717, 1.165) is 79.4 Å². The van der Waals surface area contributed by atoms with Gasteiger partial charge in [0.1, 0.15) is 11.6 Å². The van der Waals surface area contributed by atoms with E-state index in [0.29, 0.717) is 30.6 Å². The van der Waals surface area contributed by atoms with Crippen molar-refractivity contribution in [1.82, 2.24) is 19.5 Å². The maximum atomic E-state index is 14.1. The molecule has 1 amide bonds. The highest BCUT2D eigenvalue weighted by atomic mass is 32.2. The Kier molecular flexibility index (Phi) is 8.18. The molecule has 0 radical (unpaired) electrons. The lowest BCUT2D eigenvalue weighted by atomic mass is 10.0. The fourth-order valence-electron chi connectivity index (χ4n) is 6.33. The molecule has 5 rings (SSSR count). The predicted molar refractivity (Wildman–Crippen MR) is 165 cm³/mol. The number of hydrogen-bond donors (Lipinski definition) is 0. The maximum Gasteiger partial charge on any atom is 0.256 e. The number of carbonyl (C=O) groups is 1. The third-order valence-corrected chi connectivity index (χ3v) is 9.67. The van der Waals surface area contributed by atoms with E-state index in [1.165, 1.54) is 10.6 Å². The van der Waals surface area contributed by atoms with Crippen LogP contribution in [-0.2, 0) is 10.0 Å². The van der Waals surface area contributed by atoms with Crippen LogP contribution in [0, 0.1) is 13.8 Å². The molecule has 1 fully saturated rings. The van der Waals surface area contributed by atoms with Gasteiger partial charge in [-0.1, -0.05) is 18.6 Å². The van der Waals surface area contributed by atoms with E-state index in [4.69, 9.17) is 10.1 Å². The number of hydrogen-bond acceptors (Lipinski definition) is 7. The monoisotopic (exact) mass is 581 g/mol. The number of sulfonamides is 1. The minimum atomic E-state index is -3.60. The molecular formula is C30H43N7O3S. The number of rotatable bonds is 3. The second kappa shape index (κ2) is 11.5. The summed E-state index contributed by atoms with van der Waals surface area (Å²) >= 11 is 0. The molecule has 1 aromatic carbocycles. The highest BCUT2D eigenvalue weighted by Gasteiger charge is 2.30. The summed E-state index contributed by atoms with van der Waals surface area (Å²) in [5, 5.41) is 5.06. The Morgan fingerprint density at radius 2 is 1.63 bits per heavy atom. The van der Waals surface area contributed by atoms with E-state index in [-0.39, 0.29) is 11.9 Å². The molecule has 11 heteroatoms. The number of nitrogens with zero attached hydrogens (tertiary/aromatic N) is 7. The molecular weight excluding hydrogens is 538 g/mol. The SMILES string of the molecule is CC[C@H]1c2cc3nc(N4CCCC4)c(C)c(n3n2)N(C)CCCCCN(S(C)(=O)=O)c2ccc(C)cc2C(=O)N1C. The first-order valence-electron chi connectivity index (χ1n) is 14.7. The minimum Gasteiger partial charge on any atom is -0.359 e. The van der Waals surface area contributed by atoms with Gasteiger partial charge in [0.25, 0.3) is 5.91 Å². The lowest BCUT2D eigenvalue weighted by Crippen LogP contribution is -2.36. The molecule has 4 heterocycles. The van der Waals surface area contributed by atoms with Gasteiger partial charge >= 0.3 is 0 Å². The molecule has 0 aliphatic carbocycles. The van der Waals surface area contributed by atoms with Crippen molar-refractivity contribution in [2.45, 2.75) is 65.3 Å². The Bertz CT molecular complexity index is 1550. The van der Waals surface area contributed by atoms with Crippen LogP contribution in [0.1, 0.15) is 78.7 Å². The second-order valence-corrected chi connectivity index (χ2v) is 13.5. The molecule has 1 atom stereocenters. The van der Waals surface area contributed by atoms with Crippen molar-refractivity contribution >= 4 is 38.9 Å². The summed E-state index contributed by atoms with van der Waals surface area (Å²) < 4.78 is 29.3. The second-order valence-electron chi connectivity index (χ2n) is 11.6. The lowest BCUT2D eigenvalue weighted by molar-refractivity contribution is 0.0723. The van der Waals surface area contributed by atoms with Crippen molar-refractivity contribution in [2.24, 2.45) is 0 Å². The Balaban J connectivity index is 1.67. The van der Waals surface area contributed by atoms with E-state index in [9.17, 15) is 13.2 Å². The summed E-state index contributed by atoms with van der Waals surface area (Å²) in [6.45, 7) is 9.21. The molecule has 1 saturated heterocycles. The average Bonchev–Trinajstić information content (AvgIpc) is 3.59. The third kappa shape index (κ3) is 5.60. The number of benzene rings is 1. The molecule has 10 nitrogen and oxygen atoms in total. The molecule has 41 heavy (non-hydrogen) atoms. The summed E-state index contributed by atoms with van der Waals surface area (Å²) in [6.07, 6.45) is 6.62. The Morgan fingerprint density at radius 1 is 0.951 bits per heavy atom. The molecule has 0 spiro atoms. The molecule has 2 aromatic heterocycles. The van der Waals surface area contributed by atoms with Crippen LogP contribution in [-0.4, -0.2) is 80.4 Å². The summed E-state index contributed by atoms with van der Waals surface area (Å²) in [7, 11) is 0.273. The van der Waals surface area contributed by atoms with Crippen LogP contribution in [0.4, 0.5) is 17.3 Å². The minimum absolute atomic E-state index is 0.229. The van der Waals surface area contributed by atoms with E-state index >= 15 is 0 Å². The van der Waals surface area contributed by atoms with Crippen LogP contribution in [0.5, 0.6) is 0 Å². The zero-order chi connectivity index (χ0) is 29.5. The van der Waals surface area contributed by atoms with E-state index in [2.05, 4.69) is 23.8 Å². The average molecular weight is 582 g/mol. The van der Waals surface area contributed by atoms with Crippen molar-refractivity contribution in [1.29, 1.82) is 0 Å². The van der Waals surface area contributed by atoms with Crippen molar-refractivity contribution < 1.29 is 13.2 Å². The topological polar surface area (TPSA) is 94.4 Å². The zero-order valence-corrected chi connectivity index (χ0v) is 26.0. The van der Waals surface area contributed by atoms with Gasteiger partial charge in [-0.05, 0) is 64.5 Å². The van der Waals surface area contributed by atoms with Crippen molar-refractivity contribution in [2.75, 3.05) is 60.6 Å². The van der Waals surface area contributed by atoms with Gasteiger partial charge in [-0.25, -0.2) is 13.4 Å². The quantitative estimate of drug-likeness (QED) is 0.448. The molecule has 222 valence electrons. The van der Waals surface area contributed by atoms with Gasteiger partial charge in [-0.2, -0.15) is 9.61 Å². The van der Waals surface area contributed by atoms with Gasteiger partial charge in [0.05, 0.1) is 29.2 Å². The van der Waals surface area contributed by atoms with Crippen molar-refractivity contribution in [3.05, 3.63) is 46.6 Å². The van der Waals surface area contributed by atoms with Crippen LogP contribution in [0.25, 0.3) is 5.65 Å². The van der Waals surface area contributed by atoms with Gasteiger partial charge in [0.15, 0.2) is 5.65 Å². The summed E-state index contributed by atoms with van der Waals surface area (Å²) in [5.74, 6) is 1.79. The third-order valence-electron chi connectivity index (χ3n) is 8.49. The van der Waals surface area contributed by atoms with Crippen LogP contribution >= 0.6 is 0 Å². The molecule has 0 N–H and O–H groups in total. The van der Waals surface area contributed by atoms with Gasteiger partial charge in [-0.3, -0.25) is 9.10 Å². The number of fused-ring (bicyclic) bond motifs is 2. The Labute approximate surface area is 244 Å². The van der Waals surface area contributed by atoms with Crippen LogP contribution in [0.15, 0.2) is 24.3 Å². The first-order chi connectivity index (χ1) is 19.5. The highest BCUT2D eigenvalue weighted by Crippen LogP contribution is 2.34. The predicted octanol–water partition coefficient (Wildman–Crippen LogP) is 4.56. The Morgan fingerprint density at radius 3 is 2.32 bits per heavy atom. The summed E-state index contributed by atoms with van der Waals surface area (Å²) in [5.41, 5.74) is 4.36. The van der Waals surface area contributed by atoms with E-state index in [1.54, 1.807) is 24.1 Å². The van der Waals surface area contributed by atoms with Crippen molar-refractivity contribution in [3.63, 3.8) is 0 Å². The molecule has 2 aliphatic heterocycles. The summed E-state index contributed by atoms with van der Waals surface area (Å²) in [6, 6.07) is 7.12. The first kappa shape index (κ1) is 29.2. The van der Waals surface area contributed by atoms with Crippen LogP contribution in [0.2, 0.25) is 0 Å².